The van der Waals surface area contributed by atoms with Gasteiger partial charge in [-0.2, -0.15) is 0 Å². The van der Waals surface area contributed by atoms with E-state index in [9.17, 15) is 27.4 Å². The molecule has 16 unspecified atom stereocenters. The van der Waals surface area contributed by atoms with E-state index in [2.05, 4.69) is 0 Å². The van der Waals surface area contributed by atoms with Crippen molar-refractivity contribution in [2.75, 3.05) is 109 Å². The zero-order valence-corrected chi connectivity index (χ0v) is 66.4. The predicted molar refractivity (Wildman–Crippen MR) is 471 cm³/mol. The number of carbonyl (C=O) groups is 4. The van der Waals surface area contributed by atoms with Crippen LogP contribution < -0.4 is 60.8 Å². The highest BCUT2D eigenvalue weighted by molar-refractivity contribution is 5.77. The van der Waals surface area contributed by atoms with Gasteiger partial charge >= 0.3 is 23.9 Å². The van der Waals surface area contributed by atoms with Gasteiger partial charge in [0, 0.05) is 219 Å². The Labute approximate surface area is 836 Å². The summed E-state index contributed by atoms with van der Waals surface area (Å²) in [5.41, 5.74) is 18.9. The lowest BCUT2D eigenvalue weighted by atomic mass is 9.79. The summed E-state index contributed by atoms with van der Waals surface area (Å²) >= 11 is 0. The summed E-state index contributed by atoms with van der Waals surface area (Å²) in [6.07, 6.45) is -43.9. The van der Waals surface area contributed by atoms with E-state index < -0.39 is 449 Å². The summed E-state index contributed by atoms with van der Waals surface area (Å²) in [4.78, 5) is 56.9. The van der Waals surface area contributed by atoms with Gasteiger partial charge < -0.3 is 79.8 Å². The number of nitrogens with two attached hydrogens (primary N) is 4. The molecule has 20 atom stereocenters. The number of fused-ring (bicyclic) bond motifs is 12. The van der Waals surface area contributed by atoms with Gasteiger partial charge in [0.15, 0.2) is 46.0 Å². The summed E-state index contributed by atoms with van der Waals surface area (Å²) in [7, 11) is 0.625. The highest BCUT2D eigenvalue weighted by atomic mass is 16.6. The van der Waals surface area contributed by atoms with Crippen molar-refractivity contribution in [3.8, 4) is 46.0 Å². The maximum absolute atomic E-state index is 13.8. The molecule has 8 aliphatic rings. The van der Waals surface area contributed by atoms with Crippen LogP contribution in [0.15, 0.2) is 48.5 Å². The van der Waals surface area contributed by atoms with E-state index in [0.29, 0.717) is 47.6 Å². The Balaban J connectivity index is 0.000000294. The number of piperidine rings is 4. The maximum atomic E-state index is 13.8. The molecular formula is C96H152N8O16. The molecular weight excluding hydrogens is 1520 g/mol. The molecule has 0 amide bonds. The van der Waals surface area contributed by atoms with Crippen molar-refractivity contribution >= 4 is 23.9 Å². The Morgan fingerprint density at radius 3 is 0.925 bits per heavy atom. The minimum absolute atomic E-state index is 0.0308. The van der Waals surface area contributed by atoms with Crippen LogP contribution in [-0.4, -0.2) is 201 Å². The molecule has 120 heavy (non-hydrogen) atoms. The van der Waals surface area contributed by atoms with Gasteiger partial charge in [0.2, 0.25) is 0 Å². The van der Waals surface area contributed by atoms with E-state index in [4.69, 9.17) is 187 Å². The van der Waals surface area contributed by atoms with Crippen molar-refractivity contribution in [2.45, 2.75) is 259 Å². The fraction of sp³-hybridized carbons (Fsp3) is 0.708. The Morgan fingerprint density at radius 1 is 0.375 bits per heavy atom. The average molecular weight is 1760 g/mol. The molecule has 0 saturated carbocycles. The van der Waals surface area contributed by atoms with Crippen molar-refractivity contribution in [3.63, 3.8) is 0 Å². The van der Waals surface area contributed by atoms with Gasteiger partial charge in [-0.25, -0.2) is 0 Å². The van der Waals surface area contributed by atoms with Crippen molar-refractivity contribution in [3.05, 3.63) is 93.0 Å². The fourth-order valence-corrected chi connectivity index (χ4v) is 13.2. The number of hydrogen-bond acceptors (Lipinski definition) is 24. The molecule has 24 heteroatoms. The van der Waals surface area contributed by atoms with Gasteiger partial charge in [0.1, 0.15) is 48.4 Å². The molecule has 8 heterocycles. The largest absolute Gasteiger partial charge is 0.493 e. The molecule has 0 aromatic heterocycles. The topological polar surface area (TPSA) is 296 Å². The third-order valence-corrected chi connectivity index (χ3v) is 18.9. The Morgan fingerprint density at radius 2 is 0.633 bits per heavy atom. The number of carbonyl (C=O) groups excluding carboxylic acids is 4. The summed E-state index contributed by atoms with van der Waals surface area (Å²) in [5.74, 6) is -50.7. The second kappa shape index (κ2) is 43.9. The van der Waals surface area contributed by atoms with E-state index in [-0.39, 0.29) is 34.1 Å². The SMILES string of the molecule is [2H]C([2H])([2H])C([2H])(C)C([2H])([2H])C1CN2C(CC1OC(=O)[C@@]([2H])(N)C([2H])(C([2H])([2H])[2H])C([2H])([2H])[2H])c1cc(OC)c(OC)cc1C([2H])([2H])C2([2H])[2H].[2H]C([2H])([2H])Oc1cc2c(cc1OC)C1([2H])CC([2H])(OC(=O)[C@@]([2H])(N)C([2H])(C([2H])([2H])[2H])C([2H])([2H])[2H])C(C([2H])([2H])C([2H])(C)C([2H])([2H])[2H])CN1C([2H])([2H])C2([2H])[2H].[2H]C([2H])([2H])Oc1cc2c(cc1OC)C1([2H])CC([2H])(OC(=O)[C@@]([2H])(N)C([2H])(C([2H])([2H])[2H])C([2H])([2H])[2H])C(C([2H])([2H])C([2H])(C)C([2H])([2H])[2H])CN1C([2H])([2H])C2([2H])[2H].[2H]C1(OC(=O)[C@@]([2H])(N)C([2H])(C([2H])([2H])[2H])C([2H])([2H])[2H])CC2([2H])c3cc(OC)c(OC)cc3C([2H])([2H])C([2H])([2H])N2CC1C([2H])([2H])C([2H])(C)C([2H])([2H])[2H]. The lowest BCUT2D eigenvalue weighted by molar-refractivity contribution is -0.161. The van der Waals surface area contributed by atoms with Crippen LogP contribution in [0.4, 0.5) is 0 Å². The first-order valence-electron chi connectivity index (χ1n) is 77.8. The molecule has 4 aromatic rings. The van der Waals surface area contributed by atoms with Crippen molar-refractivity contribution in [1.82, 2.24) is 19.6 Å². The maximum Gasteiger partial charge on any atom is 0.323 e. The normalized spacial score (nSPS) is 47.5. The van der Waals surface area contributed by atoms with E-state index in [1.807, 2.05) is 0 Å². The highest BCUT2D eigenvalue weighted by Crippen LogP contribution is 2.50. The van der Waals surface area contributed by atoms with Crippen LogP contribution in [0.3, 0.4) is 0 Å². The van der Waals surface area contributed by atoms with Crippen LogP contribution in [0.2, 0.25) is 0 Å². The quantitative estimate of drug-likeness (QED) is 0.0303. The average Bonchev–Trinajstić information content (AvgIpc) is 0.674. The van der Waals surface area contributed by atoms with Crippen LogP contribution >= 0.6 is 0 Å². The van der Waals surface area contributed by atoms with Crippen LogP contribution in [-0.2, 0) is 63.6 Å². The minimum atomic E-state index is -4.20. The molecule has 672 valence electrons. The van der Waals surface area contributed by atoms with Crippen molar-refractivity contribution < 1.29 is 191 Å². The van der Waals surface area contributed by atoms with E-state index in [0.717, 1.165) is 50.3 Å². The number of esters is 4. The number of methoxy groups -OCH3 is 8. The minimum Gasteiger partial charge on any atom is -0.493 e. The second-order valence-corrected chi connectivity index (χ2v) is 26.9. The van der Waals surface area contributed by atoms with Crippen LogP contribution in [0.25, 0.3) is 0 Å². The van der Waals surface area contributed by atoms with Gasteiger partial charge in [-0.3, -0.25) is 38.8 Å². The van der Waals surface area contributed by atoms with Crippen molar-refractivity contribution in [1.29, 1.82) is 0 Å². The Hall–Kier alpha value is -7.16. The lowest BCUT2D eigenvalue weighted by Crippen LogP contribution is -2.51. The van der Waals surface area contributed by atoms with Gasteiger partial charge in [-0.15, -0.1) is 0 Å². The summed E-state index contributed by atoms with van der Waals surface area (Å²) in [5, 5.41) is 0. The Bertz CT molecular complexity index is 7610. The number of ether oxygens (including phenoxy) is 12. The van der Waals surface area contributed by atoms with Crippen LogP contribution in [0.1, 0.15) is 345 Å². The first kappa shape index (κ1) is 33.6. The van der Waals surface area contributed by atoms with Gasteiger partial charge in [-0.1, -0.05) is 110 Å². The van der Waals surface area contributed by atoms with Crippen molar-refractivity contribution in [2.24, 2.45) is 93.8 Å². The zero-order chi connectivity index (χ0) is 161. The number of nitrogens with zero attached hydrogens (tertiary/aromatic N) is 4. The third kappa shape index (κ3) is 23.8. The van der Waals surface area contributed by atoms with Gasteiger partial charge in [-0.05, 0) is 191 Å². The summed E-state index contributed by atoms with van der Waals surface area (Å²) < 4.78 is 756. The first-order chi connectivity index (χ1) is 89.2. The molecule has 8 N–H and O–H groups in total. The first-order valence-corrected chi connectivity index (χ1v) is 35.8. The summed E-state index contributed by atoms with van der Waals surface area (Å²) in [6, 6.07) is -18.4. The van der Waals surface area contributed by atoms with Gasteiger partial charge in [0.25, 0.3) is 0 Å². The zero-order valence-electron chi connectivity index (χ0n) is 150. The van der Waals surface area contributed by atoms with E-state index in [1.165, 1.54) is 40.6 Å². The molecule has 0 aliphatic carbocycles. The monoisotopic (exact) mass is 1760 g/mol. The predicted octanol–water partition coefficient (Wildman–Crippen LogP) is 14.3. The fourth-order valence-electron chi connectivity index (χ4n) is 13.2. The number of benzene rings is 4. The summed E-state index contributed by atoms with van der Waals surface area (Å²) in [6.45, 7) is -61.5. The molecule has 12 rings (SSSR count). The van der Waals surface area contributed by atoms with Gasteiger partial charge in [0.05, 0.1) is 78.7 Å². The molecule has 0 spiro atoms. The molecule has 0 bridgehead atoms. The molecule has 8 aliphatic heterocycles. The Kier molecular flexibility index (Phi) is 12.3. The molecule has 4 saturated heterocycles. The smallest absolute Gasteiger partial charge is 0.323 e. The second-order valence-electron chi connectivity index (χ2n) is 26.9. The highest BCUT2D eigenvalue weighted by Gasteiger charge is 2.47. The lowest BCUT2D eigenvalue weighted by Gasteiger charge is -2.47. The van der Waals surface area contributed by atoms with Crippen LogP contribution in [0, 0.1) is 70.8 Å². The number of rotatable bonds is 28. The number of aryl methyl sites for hydroxylation is 4. The molecule has 4 aromatic carbocycles. The molecule has 4 fully saturated rings. The number of hydrogen-bond donors (Lipinski definition) is 4. The standard InChI is InChI=1S/4C24H38N2O4/c4*1-14(2)9-17-13-26-8-7-16-10-21(28-5)22(29-6)11-18(16)19(26)12-20(17)30-24(27)23(25)15(3)4/h4*10-11,14-15,17,19-20,23H,7-9,12-13,25H2,1-6H3/t4*17?,19?,20?,23-/m0000/s1/i2*1D3,3D3,4D3,5D3,7D2,8D2,9D2,14D,15D,19D,20D,23D;1D3,3D3,4D3,7D2,8D2,9D2,14D,15D,19D,20D,23D;1D3,3D3,4D3,7D2,8D2,9D2,14D,15D,23D/t4*14?,17?,19?,20?,23-. The van der Waals surface area contributed by atoms with E-state index in [1.54, 1.807) is 0 Å². The molecule has 0 radical (unpaired) electrons. The third-order valence-electron chi connectivity index (χ3n) is 18.9. The van der Waals surface area contributed by atoms with Crippen LogP contribution in [0.5, 0.6) is 46.0 Å². The molecule has 24 nitrogen and oxygen atoms in total. The van der Waals surface area contributed by atoms with E-state index >= 15 is 0 Å².